The van der Waals surface area contributed by atoms with Gasteiger partial charge < -0.3 is 15.5 Å². The van der Waals surface area contributed by atoms with Crippen LogP contribution >= 0.6 is 0 Å². The summed E-state index contributed by atoms with van der Waals surface area (Å²) >= 11 is 0. The molecule has 2 N–H and O–H groups in total. The van der Waals surface area contributed by atoms with Crippen LogP contribution in [-0.4, -0.2) is 39.9 Å². The third kappa shape index (κ3) is 4.09. The van der Waals surface area contributed by atoms with Crippen LogP contribution < -0.4 is 10.6 Å². The van der Waals surface area contributed by atoms with Gasteiger partial charge in [0.1, 0.15) is 11.6 Å². The molecule has 1 aromatic heterocycles. The Bertz CT molecular complexity index is 765. The second-order valence-corrected chi connectivity index (χ2v) is 6.93. The van der Waals surface area contributed by atoms with Crippen molar-refractivity contribution < 1.29 is 9.18 Å². The lowest BCUT2D eigenvalue weighted by Gasteiger charge is -2.35. The van der Waals surface area contributed by atoms with Crippen LogP contribution in [0.2, 0.25) is 0 Å². The Kier molecular flexibility index (Phi) is 5.35. The first-order valence-corrected chi connectivity index (χ1v) is 8.81. The van der Waals surface area contributed by atoms with Gasteiger partial charge in [0.05, 0.1) is 6.04 Å². The molecule has 1 amide bonds. The first kappa shape index (κ1) is 18.1. The molecule has 2 heterocycles. The maximum Gasteiger partial charge on any atom is 0.224 e. The van der Waals surface area contributed by atoms with Crippen molar-refractivity contribution in [3.8, 4) is 0 Å². The van der Waals surface area contributed by atoms with Crippen molar-refractivity contribution in [2.24, 2.45) is 5.92 Å². The summed E-state index contributed by atoms with van der Waals surface area (Å²) in [6.45, 7) is 5.93. The summed E-state index contributed by atoms with van der Waals surface area (Å²) in [7, 11) is 0. The number of carbonyl (C=O) groups is 1. The van der Waals surface area contributed by atoms with Crippen molar-refractivity contribution in [1.82, 2.24) is 14.9 Å². The number of nitrogens with two attached hydrogens (primary N) is 1. The number of carbonyl (C=O) groups excluding carboxylic acids is 1. The van der Waals surface area contributed by atoms with Gasteiger partial charge in [-0.25, -0.2) is 9.37 Å². The van der Waals surface area contributed by atoms with Crippen molar-refractivity contribution >= 4 is 17.7 Å². The fourth-order valence-corrected chi connectivity index (χ4v) is 3.29. The number of hydrogen-bond donors (Lipinski definition) is 1. The summed E-state index contributed by atoms with van der Waals surface area (Å²) < 4.78 is 13.2. The van der Waals surface area contributed by atoms with Crippen molar-refractivity contribution in [2.45, 2.75) is 32.9 Å². The lowest BCUT2D eigenvalue weighted by atomic mass is 10.0. The largest absolute Gasteiger partial charge is 0.368 e. The van der Waals surface area contributed by atoms with E-state index in [1.165, 1.54) is 12.1 Å². The standard InChI is InChI=1S/C19H24FN5O/c1-13(2)16-12-24(17-7-9-22-19(21)23-17)10-8-18(26)25(16)11-14-3-5-15(20)6-4-14/h3-7,9,13,16H,8,10-12H2,1-2H3,(H2,21,22,23)/t16-/m0/s1. The molecule has 26 heavy (non-hydrogen) atoms. The molecule has 1 saturated heterocycles. The van der Waals surface area contributed by atoms with E-state index in [1.807, 2.05) is 11.0 Å². The molecular formula is C19H24FN5O. The van der Waals surface area contributed by atoms with Gasteiger partial charge in [0.15, 0.2) is 0 Å². The van der Waals surface area contributed by atoms with Crippen LogP contribution in [0.3, 0.4) is 0 Å². The van der Waals surface area contributed by atoms with E-state index in [-0.39, 0.29) is 29.6 Å². The van der Waals surface area contributed by atoms with E-state index in [9.17, 15) is 9.18 Å². The summed E-state index contributed by atoms with van der Waals surface area (Å²) in [4.78, 5) is 25.0. The van der Waals surface area contributed by atoms with Gasteiger partial charge >= 0.3 is 0 Å². The Labute approximate surface area is 152 Å². The molecule has 0 radical (unpaired) electrons. The van der Waals surface area contributed by atoms with Gasteiger partial charge in [-0.05, 0) is 29.7 Å². The molecule has 3 rings (SSSR count). The molecule has 0 unspecified atom stereocenters. The summed E-state index contributed by atoms with van der Waals surface area (Å²) in [5.74, 6) is 1.04. The third-order valence-corrected chi connectivity index (χ3v) is 4.74. The monoisotopic (exact) mass is 357 g/mol. The number of halogens is 1. The van der Waals surface area contributed by atoms with Gasteiger partial charge in [0.25, 0.3) is 0 Å². The van der Waals surface area contributed by atoms with Gasteiger partial charge in [-0.2, -0.15) is 4.98 Å². The summed E-state index contributed by atoms with van der Waals surface area (Å²) in [5, 5.41) is 0. The Hall–Kier alpha value is -2.70. The Morgan fingerprint density at radius 2 is 2.00 bits per heavy atom. The van der Waals surface area contributed by atoms with Crippen LogP contribution in [0.25, 0.3) is 0 Å². The highest BCUT2D eigenvalue weighted by atomic mass is 19.1. The van der Waals surface area contributed by atoms with Crippen LogP contribution in [0, 0.1) is 11.7 Å². The van der Waals surface area contributed by atoms with E-state index < -0.39 is 0 Å². The first-order valence-electron chi connectivity index (χ1n) is 8.81. The summed E-state index contributed by atoms with van der Waals surface area (Å²) in [5.41, 5.74) is 6.63. The SMILES string of the molecule is CC(C)[C@@H]1CN(c2ccnc(N)n2)CCC(=O)N1Cc1ccc(F)cc1. The zero-order valence-corrected chi connectivity index (χ0v) is 15.1. The Balaban J connectivity index is 1.85. The average molecular weight is 357 g/mol. The van der Waals surface area contributed by atoms with Gasteiger partial charge in [0.2, 0.25) is 11.9 Å². The van der Waals surface area contributed by atoms with Crippen LogP contribution in [0.5, 0.6) is 0 Å². The van der Waals surface area contributed by atoms with E-state index in [0.29, 0.717) is 26.1 Å². The highest BCUT2D eigenvalue weighted by Crippen LogP contribution is 2.24. The van der Waals surface area contributed by atoms with Gasteiger partial charge in [-0.3, -0.25) is 4.79 Å². The van der Waals surface area contributed by atoms with Gasteiger partial charge in [0, 0.05) is 32.3 Å². The predicted octanol–water partition coefficient (Wildman–Crippen LogP) is 2.46. The van der Waals surface area contributed by atoms with E-state index in [0.717, 1.165) is 11.4 Å². The molecule has 1 atom stereocenters. The van der Waals surface area contributed by atoms with Crippen LogP contribution in [0.4, 0.5) is 16.2 Å². The van der Waals surface area contributed by atoms with E-state index in [2.05, 4.69) is 28.7 Å². The number of amides is 1. The third-order valence-electron chi connectivity index (χ3n) is 4.74. The molecule has 1 aliphatic rings. The Morgan fingerprint density at radius 3 is 2.65 bits per heavy atom. The maximum absolute atomic E-state index is 13.2. The average Bonchev–Trinajstić information content (AvgIpc) is 2.77. The number of anilines is 2. The van der Waals surface area contributed by atoms with Crippen molar-refractivity contribution in [3.63, 3.8) is 0 Å². The van der Waals surface area contributed by atoms with Crippen LogP contribution in [-0.2, 0) is 11.3 Å². The molecule has 2 aromatic rings. The molecular weight excluding hydrogens is 333 g/mol. The zero-order chi connectivity index (χ0) is 18.7. The molecule has 0 spiro atoms. The lowest BCUT2D eigenvalue weighted by Crippen LogP contribution is -2.46. The number of nitrogen functional groups attached to an aromatic ring is 1. The van der Waals surface area contributed by atoms with Crippen LogP contribution in [0.1, 0.15) is 25.8 Å². The minimum Gasteiger partial charge on any atom is -0.368 e. The van der Waals surface area contributed by atoms with E-state index in [1.54, 1.807) is 18.3 Å². The quantitative estimate of drug-likeness (QED) is 0.910. The summed E-state index contributed by atoms with van der Waals surface area (Å²) in [6, 6.07) is 8.15. The fraction of sp³-hybridized carbons (Fsp3) is 0.421. The lowest BCUT2D eigenvalue weighted by molar-refractivity contribution is -0.134. The maximum atomic E-state index is 13.2. The van der Waals surface area contributed by atoms with Crippen molar-refractivity contribution in [1.29, 1.82) is 0 Å². The highest BCUT2D eigenvalue weighted by Gasteiger charge is 2.32. The second kappa shape index (κ2) is 7.68. The minimum atomic E-state index is -0.274. The number of hydrogen-bond acceptors (Lipinski definition) is 5. The number of aromatic nitrogens is 2. The molecule has 0 aliphatic carbocycles. The topological polar surface area (TPSA) is 75.4 Å². The second-order valence-electron chi connectivity index (χ2n) is 6.93. The van der Waals surface area contributed by atoms with Gasteiger partial charge in [-0.15, -0.1) is 0 Å². The normalized spacial score (nSPS) is 18.3. The van der Waals surface area contributed by atoms with Gasteiger partial charge in [-0.1, -0.05) is 26.0 Å². The molecule has 0 saturated carbocycles. The minimum absolute atomic E-state index is 0.0197. The summed E-state index contributed by atoms with van der Waals surface area (Å²) in [6.07, 6.45) is 2.03. The smallest absolute Gasteiger partial charge is 0.224 e. The molecule has 138 valence electrons. The molecule has 7 heteroatoms. The molecule has 0 bridgehead atoms. The Morgan fingerprint density at radius 1 is 1.27 bits per heavy atom. The molecule has 1 fully saturated rings. The highest BCUT2D eigenvalue weighted by molar-refractivity contribution is 5.78. The zero-order valence-electron chi connectivity index (χ0n) is 15.1. The van der Waals surface area contributed by atoms with E-state index >= 15 is 0 Å². The molecule has 1 aliphatic heterocycles. The molecule has 1 aromatic carbocycles. The van der Waals surface area contributed by atoms with E-state index in [4.69, 9.17) is 5.73 Å². The fourth-order valence-electron chi connectivity index (χ4n) is 3.29. The number of benzene rings is 1. The number of nitrogens with zero attached hydrogens (tertiary/aromatic N) is 4. The first-order chi connectivity index (χ1) is 12.4. The number of rotatable bonds is 4. The van der Waals surface area contributed by atoms with Crippen molar-refractivity contribution in [2.75, 3.05) is 23.7 Å². The van der Waals surface area contributed by atoms with Crippen LogP contribution in [0.15, 0.2) is 36.5 Å². The predicted molar refractivity (Wildman–Crippen MR) is 98.9 cm³/mol. The van der Waals surface area contributed by atoms with Crippen molar-refractivity contribution in [3.05, 3.63) is 47.9 Å². The molecule has 6 nitrogen and oxygen atoms in total.